The van der Waals surface area contributed by atoms with E-state index in [4.69, 9.17) is 4.98 Å². The number of pyridine rings is 1. The zero-order valence-corrected chi connectivity index (χ0v) is 19.2. The molecule has 8 heteroatoms. The number of nitrogens with zero attached hydrogens (tertiary/aromatic N) is 5. The van der Waals surface area contributed by atoms with Crippen LogP contribution in [-0.2, 0) is 0 Å². The van der Waals surface area contributed by atoms with Gasteiger partial charge >= 0.3 is 0 Å². The second-order valence-electron chi connectivity index (χ2n) is 8.77. The minimum Gasteiger partial charge on any atom is -0.382 e. The van der Waals surface area contributed by atoms with E-state index in [1.54, 1.807) is 0 Å². The summed E-state index contributed by atoms with van der Waals surface area (Å²) in [6.07, 6.45) is 7.53. The van der Waals surface area contributed by atoms with Crippen LogP contribution in [0.4, 0.5) is 5.69 Å². The van der Waals surface area contributed by atoms with Gasteiger partial charge in [-0.15, -0.1) is 0 Å². The zero-order valence-electron chi connectivity index (χ0n) is 19.2. The fourth-order valence-electron chi connectivity index (χ4n) is 4.27. The summed E-state index contributed by atoms with van der Waals surface area (Å²) in [5.41, 5.74) is 8.60. The Bertz CT molecular complexity index is 1640. The molecule has 0 aliphatic heterocycles. The van der Waals surface area contributed by atoms with Crippen molar-refractivity contribution in [3.8, 4) is 28.3 Å². The predicted octanol–water partition coefficient (Wildman–Crippen LogP) is 5.48. The van der Waals surface area contributed by atoms with E-state index in [2.05, 4.69) is 62.5 Å². The first-order valence-electron chi connectivity index (χ1n) is 11.3. The highest BCUT2D eigenvalue weighted by atomic mass is 15.1. The third kappa shape index (κ3) is 3.49. The van der Waals surface area contributed by atoms with E-state index in [0.29, 0.717) is 6.04 Å². The molecule has 4 aromatic heterocycles. The Balaban J connectivity index is 1.45. The van der Waals surface area contributed by atoms with E-state index in [1.165, 1.54) is 0 Å². The van der Waals surface area contributed by atoms with E-state index in [-0.39, 0.29) is 0 Å². The van der Waals surface area contributed by atoms with Crippen LogP contribution in [0.1, 0.15) is 19.5 Å². The molecule has 0 radical (unpaired) electrons. The molecule has 6 rings (SSSR count). The Morgan fingerprint density at radius 2 is 1.91 bits per heavy atom. The van der Waals surface area contributed by atoms with E-state index < -0.39 is 0 Å². The van der Waals surface area contributed by atoms with Crippen molar-refractivity contribution in [3.05, 3.63) is 73.1 Å². The number of benzene rings is 2. The van der Waals surface area contributed by atoms with E-state index in [1.807, 2.05) is 60.7 Å². The Hall–Kier alpha value is -4.46. The van der Waals surface area contributed by atoms with E-state index in [9.17, 15) is 0 Å². The number of aryl methyl sites for hydroxylation is 1. The lowest BCUT2D eigenvalue weighted by Crippen LogP contribution is -2.09. The molecule has 0 unspecified atom stereocenters. The second kappa shape index (κ2) is 7.84. The van der Waals surface area contributed by atoms with Crippen molar-refractivity contribution in [2.24, 2.45) is 0 Å². The number of nitrogens with one attached hydrogen (secondary N) is 3. The van der Waals surface area contributed by atoms with Gasteiger partial charge in [0.25, 0.3) is 0 Å². The summed E-state index contributed by atoms with van der Waals surface area (Å²) in [5.74, 6) is 0.719. The van der Waals surface area contributed by atoms with Gasteiger partial charge in [-0.3, -0.25) is 10.1 Å². The quantitative estimate of drug-likeness (QED) is 0.324. The summed E-state index contributed by atoms with van der Waals surface area (Å²) >= 11 is 0. The number of H-pyrrole nitrogens is 2. The summed E-state index contributed by atoms with van der Waals surface area (Å²) in [4.78, 5) is 17.2. The molecular weight excluding hydrogens is 424 g/mol. The number of fused-ring (bicyclic) bond motifs is 2. The zero-order chi connectivity index (χ0) is 23.2. The SMILES string of the molecule is Cc1cn(-c2cccc3[nH]c(-c4n[nH]c5ccc(-c6cncc(NC(C)C)c6)cc45)nc23)cn1. The van der Waals surface area contributed by atoms with Gasteiger partial charge in [-0.05, 0) is 56.7 Å². The van der Waals surface area contributed by atoms with Gasteiger partial charge in [0.05, 0.1) is 34.4 Å². The average molecular weight is 449 g/mol. The van der Waals surface area contributed by atoms with Gasteiger partial charge in [-0.2, -0.15) is 5.10 Å². The van der Waals surface area contributed by atoms with Gasteiger partial charge in [-0.25, -0.2) is 9.97 Å². The smallest absolute Gasteiger partial charge is 0.159 e. The number of anilines is 1. The van der Waals surface area contributed by atoms with Gasteiger partial charge in [0.15, 0.2) is 5.82 Å². The lowest BCUT2D eigenvalue weighted by molar-refractivity contribution is 0.898. The number of rotatable bonds is 5. The Morgan fingerprint density at radius 1 is 1.00 bits per heavy atom. The largest absolute Gasteiger partial charge is 0.382 e. The molecule has 0 atom stereocenters. The van der Waals surface area contributed by atoms with Crippen molar-refractivity contribution in [2.45, 2.75) is 26.8 Å². The van der Waals surface area contributed by atoms with E-state index >= 15 is 0 Å². The topological polar surface area (TPSA) is 100 Å². The summed E-state index contributed by atoms with van der Waals surface area (Å²) < 4.78 is 1.99. The van der Waals surface area contributed by atoms with Crippen molar-refractivity contribution >= 4 is 27.6 Å². The van der Waals surface area contributed by atoms with Crippen LogP contribution in [-0.4, -0.2) is 40.7 Å². The van der Waals surface area contributed by atoms with Crippen LogP contribution in [0.5, 0.6) is 0 Å². The maximum atomic E-state index is 4.93. The van der Waals surface area contributed by atoms with Crippen LogP contribution in [0.15, 0.2) is 67.4 Å². The van der Waals surface area contributed by atoms with Crippen molar-refractivity contribution in [1.82, 2.24) is 34.7 Å². The van der Waals surface area contributed by atoms with Gasteiger partial charge in [0.2, 0.25) is 0 Å². The molecule has 0 bridgehead atoms. The minimum atomic E-state index is 0.337. The number of hydrogen-bond acceptors (Lipinski definition) is 5. The standard InChI is InChI=1S/C26H24N8/c1-15(2)29-19-9-18(11-27-12-19)17-7-8-21-20(10-17)24(33-32-21)26-30-22-5-4-6-23(25(22)31-26)34-13-16(3)28-14-34/h4-15,29H,1-3H3,(H,30,31)(H,32,33). The molecule has 6 aromatic rings. The first-order chi connectivity index (χ1) is 16.5. The molecule has 3 N–H and O–H groups in total. The molecule has 4 heterocycles. The van der Waals surface area contributed by atoms with Gasteiger partial charge < -0.3 is 14.9 Å². The molecule has 0 aliphatic rings. The third-order valence-corrected chi connectivity index (χ3v) is 5.80. The van der Waals surface area contributed by atoms with Crippen molar-refractivity contribution in [3.63, 3.8) is 0 Å². The Morgan fingerprint density at radius 3 is 2.74 bits per heavy atom. The number of imidazole rings is 2. The number of aromatic amines is 2. The Kier molecular flexibility index (Phi) is 4.65. The van der Waals surface area contributed by atoms with Gasteiger partial charge in [-0.1, -0.05) is 12.1 Å². The predicted molar refractivity (Wildman–Crippen MR) is 135 cm³/mol. The fourth-order valence-corrected chi connectivity index (χ4v) is 4.27. The van der Waals surface area contributed by atoms with Crippen LogP contribution in [0.2, 0.25) is 0 Å². The summed E-state index contributed by atoms with van der Waals surface area (Å²) in [7, 11) is 0. The molecule has 0 aliphatic carbocycles. The van der Waals surface area contributed by atoms with Crippen molar-refractivity contribution < 1.29 is 0 Å². The normalized spacial score (nSPS) is 11.6. The highest BCUT2D eigenvalue weighted by Gasteiger charge is 2.16. The van der Waals surface area contributed by atoms with Crippen molar-refractivity contribution in [1.29, 1.82) is 0 Å². The molecule has 168 valence electrons. The first-order valence-corrected chi connectivity index (χ1v) is 11.3. The van der Waals surface area contributed by atoms with Gasteiger partial charge in [0.1, 0.15) is 11.2 Å². The molecule has 0 saturated heterocycles. The molecule has 0 amide bonds. The highest BCUT2D eigenvalue weighted by Crippen LogP contribution is 2.32. The molecule has 8 nitrogen and oxygen atoms in total. The molecule has 2 aromatic carbocycles. The lowest BCUT2D eigenvalue weighted by atomic mass is 10.0. The first kappa shape index (κ1) is 20.2. The third-order valence-electron chi connectivity index (χ3n) is 5.80. The number of hydrogen-bond donors (Lipinski definition) is 3. The average Bonchev–Trinajstić information content (AvgIpc) is 3.55. The Labute approximate surface area is 196 Å². The highest BCUT2D eigenvalue weighted by molar-refractivity contribution is 5.96. The van der Waals surface area contributed by atoms with Crippen LogP contribution >= 0.6 is 0 Å². The van der Waals surface area contributed by atoms with E-state index in [0.717, 1.165) is 61.7 Å². The van der Waals surface area contributed by atoms with Crippen LogP contribution < -0.4 is 5.32 Å². The van der Waals surface area contributed by atoms with Crippen LogP contribution in [0.25, 0.3) is 50.3 Å². The van der Waals surface area contributed by atoms with Crippen LogP contribution in [0, 0.1) is 6.92 Å². The maximum Gasteiger partial charge on any atom is 0.159 e. The molecule has 34 heavy (non-hydrogen) atoms. The van der Waals surface area contributed by atoms with Gasteiger partial charge in [0, 0.05) is 35.6 Å². The summed E-state index contributed by atoms with van der Waals surface area (Å²) in [6.45, 7) is 6.20. The minimum absolute atomic E-state index is 0.337. The monoisotopic (exact) mass is 448 g/mol. The summed E-state index contributed by atoms with van der Waals surface area (Å²) in [5, 5.41) is 12.2. The maximum absolute atomic E-state index is 4.93. The fraction of sp³-hybridized carbons (Fsp3) is 0.154. The number of para-hydroxylation sites is 1. The van der Waals surface area contributed by atoms with Crippen molar-refractivity contribution in [2.75, 3.05) is 5.32 Å². The van der Waals surface area contributed by atoms with Crippen LogP contribution in [0.3, 0.4) is 0 Å². The molecule has 0 fully saturated rings. The number of aromatic nitrogens is 7. The summed E-state index contributed by atoms with van der Waals surface area (Å²) in [6, 6.07) is 14.8. The molecular formula is C26H24N8. The molecule has 0 spiro atoms. The molecule has 0 saturated carbocycles. The lowest BCUT2D eigenvalue weighted by Gasteiger charge is -2.11. The second-order valence-corrected chi connectivity index (χ2v) is 8.77.